The van der Waals surface area contributed by atoms with Crippen molar-refractivity contribution in [1.82, 2.24) is 14.9 Å². The maximum absolute atomic E-state index is 13.5. The minimum absolute atomic E-state index is 0.0998. The van der Waals surface area contributed by atoms with Gasteiger partial charge in [-0.25, -0.2) is 9.37 Å². The zero-order valence-corrected chi connectivity index (χ0v) is 14.0. The molecule has 0 saturated carbocycles. The highest BCUT2D eigenvalue weighted by molar-refractivity contribution is 5.92. The molecule has 3 rings (SSSR count). The summed E-state index contributed by atoms with van der Waals surface area (Å²) in [6.45, 7) is 7.00. The molecule has 0 aliphatic carbocycles. The number of aromatic nitrogens is 2. The maximum Gasteiger partial charge on any atom is 0.274 e. The Morgan fingerprint density at radius 2 is 2.04 bits per heavy atom. The second-order valence-corrected chi connectivity index (χ2v) is 6.93. The van der Waals surface area contributed by atoms with Gasteiger partial charge in [0.05, 0.1) is 19.3 Å². The Balaban J connectivity index is 1.65. The maximum atomic E-state index is 13.5. The Bertz CT molecular complexity index is 738. The van der Waals surface area contributed by atoms with Gasteiger partial charge in [-0.15, -0.1) is 0 Å². The van der Waals surface area contributed by atoms with Crippen molar-refractivity contribution < 1.29 is 13.9 Å². The van der Waals surface area contributed by atoms with Crippen LogP contribution in [0.2, 0.25) is 0 Å². The molecule has 2 heterocycles. The van der Waals surface area contributed by atoms with E-state index in [4.69, 9.17) is 4.74 Å². The molecule has 24 heavy (non-hydrogen) atoms. The summed E-state index contributed by atoms with van der Waals surface area (Å²) in [4.78, 5) is 21.8. The van der Waals surface area contributed by atoms with Crippen LogP contribution in [0.5, 0.6) is 5.75 Å². The van der Waals surface area contributed by atoms with Gasteiger partial charge in [0.15, 0.2) is 0 Å². The number of rotatable bonds is 3. The monoisotopic (exact) mass is 329 g/mol. The van der Waals surface area contributed by atoms with Gasteiger partial charge in [-0.2, -0.15) is 0 Å². The zero-order valence-electron chi connectivity index (χ0n) is 14.0. The Morgan fingerprint density at radius 3 is 2.67 bits per heavy atom. The first-order valence-electron chi connectivity index (χ1n) is 7.86. The summed E-state index contributed by atoms with van der Waals surface area (Å²) in [7, 11) is 0. The van der Waals surface area contributed by atoms with Gasteiger partial charge < -0.3 is 9.64 Å². The molecule has 1 aliphatic rings. The average molecular weight is 329 g/mol. The van der Waals surface area contributed by atoms with Gasteiger partial charge in [-0.3, -0.25) is 9.78 Å². The number of hydrogen-bond acceptors (Lipinski definition) is 4. The van der Waals surface area contributed by atoms with E-state index in [2.05, 4.69) is 9.97 Å². The number of ether oxygens (including phenoxy) is 1. The molecule has 0 spiro atoms. The van der Waals surface area contributed by atoms with E-state index >= 15 is 0 Å². The highest BCUT2D eigenvalue weighted by Crippen LogP contribution is 2.33. The van der Waals surface area contributed by atoms with Gasteiger partial charge in [-0.05, 0) is 23.6 Å². The highest BCUT2D eigenvalue weighted by Gasteiger charge is 2.34. The predicted molar refractivity (Wildman–Crippen MR) is 87.5 cm³/mol. The van der Waals surface area contributed by atoms with Crippen LogP contribution in [0.25, 0.3) is 0 Å². The van der Waals surface area contributed by atoms with Crippen molar-refractivity contribution in [2.45, 2.75) is 32.3 Å². The van der Waals surface area contributed by atoms with Crippen molar-refractivity contribution in [3.8, 4) is 5.75 Å². The number of hydrogen-bond donors (Lipinski definition) is 0. The summed E-state index contributed by atoms with van der Waals surface area (Å²) in [5, 5.41) is 0. The van der Waals surface area contributed by atoms with E-state index in [0.29, 0.717) is 24.5 Å². The largest absolute Gasteiger partial charge is 0.486 e. The van der Waals surface area contributed by atoms with Crippen molar-refractivity contribution in [3.63, 3.8) is 0 Å². The molecule has 5 nitrogen and oxygen atoms in total. The molecule has 1 aliphatic heterocycles. The standard InChI is InChI=1S/C18H20FN3O2/c1-18(2,3)14-8-12(19)4-5-16(14)24-13-10-22(11-13)17(23)15-9-20-6-7-21-15/h4-9,13H,10-11H2,1-3H3. The van der Waals surface area contributed by atoms with Crippen molar-refractivity contribution in [2.75, 3.05) is 13.1 Å². The lowest BCUT2D eigenvalue weighted by Crippen LogP contribution is -2.56. The van der Waals surface area contributed by atoms with Crippen molar-refractivity contribution in [3.05, 3.63) is 53.9 Å². The van der Waals surface area contributed by atoms with Gasteiger partial charge in [-0.1, -0.05) is 20.8 Å². The van der Waals surface area contributed by atoms with E-state index in [1.54, 1.807) is 11.0 Å². The lowest BCUT2D eigenvalue weighted by atomic mass is 9.86. The topological polar surface area (TPSA) is 55.3 Å². The van der Waals surface area contributed by atoms with Gasteiger partial charge >= 0.3 is 0 Å². The van der Waals surface area contributed by atoms with E-state index < -0.39 is 0 Å². The molecular weight excluding hydrogens is 309 g/mol. The van der Waals surface area contributed by atoms with Gasteiger partial charge in [0.25, 0.3) is 5.91 Å². The SMILES string of the molecule is CC(C)(C)c1cc(F)ccc1OC1CN(C(=O)c2cnccn2)C1. The van der Waals surface area contributed by atoms with Gasteiger partial charge in [0, 0.05) is 18.0 Å². The van der Waals surface area contributed by atoms with Gasteiger partial charge in [0.2, 0.25) is 0 Å². The Hall–Kier alpha value is -2.50. The van der Waals surface area contributed by atoms with Gasteiger partial charge in [0.1, 0.15) is 23.4 Å². The first-order chi connectivity index (χ1) is 11.3. The fourth-order valence-electron chi connectivity index (χ4n) is 2.62. The smallest absolute Gasteiger partial charge is 0.274 e. The fourth-order valence-corrected chi connectivity index (χ4v) is 2.62. The van der Waals surface area contributed by atoms with Crippen molar-refractivity contribution in [1.29, 1.82) is 0 Å². The summed E-state index contributed by atoms with van der Waals surface area (Å²) in [6, 6.07) is 4.56. The molecule has 0 bridgehead atoms. The molecule has 1 fully saturated rings. The Morgan fingerprint density at radius 1 is 1.29 bits per heavy atom. The molecule has 0 unspecified atom stereocenters. The summed E-state index contributed by atoms with van der Waals surface area (Å²) in [5.74, 6) is 0.235. The first kappa shape index (κ1) is 16.4. The number of likely N-dealkylation sites (tertiary alicyclic amines) is 1. The number of amides is 1. The molecule has 126 valence electrons. The van der Waals surface area contributed by atoms with Crippen molar-refractivity contribution in [2.24, 2.45) is 0 Å². The number of carbonyl (C=O) groups excluding carboxylic acids is 1. The fraction of sp³-hybridized carbons (Fsp3) is 0.389. The first-order valence-corrected chi connectivity index (χ1v) is 7.86. The molecular formula is C18H20FN3O2. The molecule has 2 aromatic rings. The molecule has 0 N–H and O–H groups in total. The van der Waals surface area contributed by atoms with Crippen LogP contribution in [0, 0.1) is 5.82 Å². The number of carbonyl (C=O) groups is 1. The predicted octanol–water partition coefficient (Wildman–Crippen LogP) is 2.82. The minimum Gasteiger partial charge on any atom is -0.486 e. The highest BCUT2D eigenvalue weighted by atomic mass is 19.1. The molecule has 0 atom stereocenters. The third-order valence-electron chi connectivity index (χ3n) is 3.96. The number of halogens is 1. The summed E-state index contributed by atoms with van der Waals surface area (Å²) >= 11 is 0. The molecule has 1 saturated heterocycles. The number of benzene rings is 1. The van der Waals surface area contributed by atoms with Crippen LogP contribution < -0.4 is 4.74 Å². The second-order valence-electron chi connectivity index (χ2n) is 6.93. The molecule has 0 radical (unpaired) electrons. The van der Waals surface area contributed by atoms with Crippen LogP contribution in [0.3, 0.4) is 0 Å². The van der Waals surface area contributed by atoms with E-state index in [0.717, 1.165) is 5.56 Å². The lowest BCUT2D eigenvalue weighted by molar-refractivity contribution is 0.0166. The summed E-state index contributed by atoms with van der Waals surface area (Å²) in [5.41, 5.74) is 0.922. The minimum atomic E-state index is -0.277. The van der Waals surface area contributed by atoms with Crippen LogP contribution >= 0.6 is 0 Å². The van der Waals surface area contributed by atoms with E-state index in [-0.39, 0.29) is 23.2 Å². The average Bonchev–Trinajstić information content (AvgIpc) is 2.51. The number of nitrogens with zero attached hydrogens (tertiary/aromatic N) is 3. The van der Waals surface area contributed by atoms with Crippen LogP contribution in [0.15, 0.2) is 36.8 Å². The quantitative estimate of drug-likeness (QED) is 0.869. The third kappa shape index (κ3) is 3.37. The molecule has 6 heteroatoms. The Kier molecular flexibility index (Phi) is 4.22. The van der Waals surface area contributed by atoms with Crippen molar-refractivity contribution >= 4 is 5.91 Å². The van der Waals surface area contributed by atoms with Crippen LogP contribution in [0.1, 0.15) is 36.8 Å². The summed E-state index contributed by atoms with van der Waals surface area (Å²) in [6.07, 6.45) is 4.38. The molecule has 1 amide bonds. The second kappa shape index (κ2) is 6.19. The zero-order chi connectivity index (χ0) is 17.3. The van der Waals surface area contributed by atoms with E-state index in [1.165, 1.54) is 30.7 Å². The lowest BCUT2D eigenvalue weighted by Gasteiger charge is -2.39. The summed E-state index contributed by atoms with van der Waals surface area (Å²) < 4.78 is 19.5. The Labute approximate surface area is 140 Å². The van der Waals surface area contributed by atoms with E-state index in [1.807, 2.05) is 20.8 Å². The van der Waals surface area contributed by atoms with Crippen LogP contribution in [-0.2, 0) is 5.41 Å². The van der Waals surface area contributed by atoms with E-state index in [9.17, 15) is 9.18 Å². The van der Waals surface area contributed by atoms with Crippen LogP contribution in [-0.4, -0.2) is 40.0 Å². The normalized spacial score (nSPS) is 15.1. The van der Waals surface area contributed by atoms with Crippen LogP contribution in [0.4, 0.5) is 4.39 Å². The third-order valence-corrected chi connectivity index (χ3v) is 3.96. The molecule has 1 aromatic heterocycles. The molecule has 1 aromatic carbocycles.